The topological polar surface area (TPSA) is 53.4 Å². The van der Waals surface area contributed by atoms with Gasteiger partial charge < -0.3 is 10.2 Å². The Balaban J connectivity index is 1.70. The van der Waals surface area contributed by atoms with E-state index in [0.29, 0.717) is 52.3 Å². The maximum atomic E-state index is 13.8. The second-order valence-corrected chi connectivity index (χ2v) is 7.59. The van der Waals surface area contributed by atoms with Crippen LogP contribution < -0.4 is 10.2 Å². The zero-order valence-electron chi connectivity index (χ0n) is 16.8. The number of nitrogens with zero attached hydrogens (tertiary/aromatic N) is 4. The van der Waals surface area contributed by atoms with E-state index in [2.05, 4.69) is 21.9 Å². The maximum absolute atomic E-state index is 13.8. The monoisotopic (exact) mass is 439 g/mol. The number of hydrogen-bond donors (Lipinski definition) is 1. The second-order valence-electron chi connectivity index (χ2n) is 7.19. The Morgan fingerprint density at radius 3 is 2.84 bits per heavy atom. The maximum Gasteiger partial charge on any atom is 0.270 e. The van der Waals surface area contributed by atoms with Gasteiger partial charge in [0.05, 0.1) is 16.4 Å². The molecule has 158 valence electrons. The third-order valence-corrected chi connectivity index (χ3v) is 5.17. The SMILES string of the molecule is C=C(Nc1ccncc1Cl)N1CCC=Nc2ccc(-c3cccc(C(C)(F)F)c3)nc21. The Morgan fingerprint density at radius 2 is 2.06 bits per heavy atom. The molecule has 0 amide bonds. The predicted octanol–water partition coefficient (Wildman–Crippen LogP) is 6.40. The lowest BCUT2D eigenvalue weighted by molar-refractivity contribution is 0.0175. The summed E-state index contributed by atoms with van der Waals surface area (Å²) in [5.74, 6) is -1.78. The molecule has 1 aromatic carbocycles. The fourth-order valence-electron chi connectivity index (χ4n) is 3.27. The average Bonchev–Trinajstić information content (AvgIpc) is 2.97. The lowest BCUT2D eigenvalue weighted by Crippen LogP contribution is -2.28. The molecule has 4 rings (SSSR count). The van der Waals surface area contributed by atoms with Crippen LogP contribution in [0, 0.1) is 0 Å². The summed E-state index contributed by atoms with van der Waals surface area (Å²) in [6.07, 6.45) is 5.69. The molecule has 2 aromatic heterocycles. The zero-order valence-corrected chi connectivity index (χ0v) is 17.6. The first-order chi connectivity index (χ1) is 14.8. The summed E-state index contributed by atoms with van der Waals surface area (Å²) in [4.78, 5) is 15.1. The van der Waals surface area contributed by atoms with Gasteiger partial charge >= 0.3 is 0 Å². The first kappa shape index (κ1) is 20.9. The third kappa shape index (κ3) is 4.56. The van der Waals surface area contributed by atoms with Crippen LogP contribution in [0.3, 0.4) is 0 Å². The zero-order chi connectivity index (χ0) is 22.0. The number of aromatic nitrogens is 2. The highest BCUT2D eigenvalue weighted by molar-refractivity contribution is 6.33. The van der Waals surface area contributed by atoms with Crippen molar-refractivity contribution in [1.82, 2.24) is 9.97 Å². The molecule has 0 saturated heterocycles. The van der Waals surface area contributed by atoms with Crippen LogP contribution in [0.2, 0.25) is 5.02 Å². The molecule has 3 heterocycles. The summed E-state index contributed by atoms with van der Waals surface area (Å²) in [5, 5.41) is 3.67. The molecule has 0 aliphatic carbocycles. The molecular weight excluding hydrogens is 420 g/mol. The van der Waals surface area contributed by atoms with Gasteiger partial charge in [0.15, 0.2) is 5.82 Å². The van der Waals surface area contributed by atoms with E-state index in [1.54, 1.807) is 36.7 Å². The molecule has 0 unspecified atom stereocenters. The molecule has 0 atom stereocenters. The summed E-state index contributed by atoms with van der Waals surface area (Å²) in [6, 6.07) is 11.6. The highest BCUT2D eigenvalue weighted by Gasteiger charge is 2.25. The second kappa shape index (κ2) is 8.43. The number of aliphatic imine (C=N–C) groups is 1. The van der Waals surface area contributed by atoms with E-state index >= 15 is 0 Å². The van der Waals surface area contributed by atoms with E-state index in [9.17, 15) is 8.78 Å². The van der Waals surface area contributed by atoms with Crippen molar-refractivity contribution >= 4 is 35.0 Å². The van der Waals surface area contributed by atoms with Crippen LogP contribution in [-0.2, 0) is 5.92 Å². The lowest BCUT2D eigenvalue weighted by Gasteiger charge is -2.26. The fraction of sp³-hybridized carbons (Fsp3) is 0.174. The van der Waals surface area contributed by atoms with Crippen molar-refractivity contribution in [3.63, 3.8) is 0 Å². The Hall–Kier alpha value is -3.32. The van der Waals surface area contributed by atoms with E-state index in [0.717, 1.165) is 6.92 Å². The van der Waals surface area contributed by atoms with Gasteiger partial charge in [-0.1, -0.05) is 36.4 Å². The van der Waals surface area contributed by atoms with Crippen molar-refractivity contribution in [3.8, 4) is 11.3 Å². The van der Waals surface area contributed by atoms with Crippen LogP contribution in [0.4, 0.5) is 26.0 Å². The van der Waals surface area contributed by atoms with Crippen LogP contribution in [0.15, 0.2) is 72.3 Å². The Bertz CT molecular complexity index is 1160. The summed E-state index contributed by atoms with van der Waals surface area (Å²) < 4.78 is 27.6. The van der Waals surface area contributed by atoms with Gasteiger partial charge in [-0.25, -0.2) is 13.8 Å². The normalized spacial score (nSPS) is 13.5. The average molecular weight is 440 g/mol. The van der Waals surface area contributed by atoms with Gasteiger partial charge in [-0.2, -0.15) is 0 Å². The number of halogens is 3. The van der Waals surface area contributed by atoms with Gasteiger partial charge in [-0.05, 0) is 24.3 Å². The minimum Gasteiger partial charge on any atom is -0.341 e. The minimum atomic E-state index is -2.93. The van der Waals surface area contributed by atoms with Gasteiger partial charge in [-0.3, -0.25) is 9.98 Å². The summed E-state index contributed by atoms with van der Waals surface area (Å²) in [6.45, 7) is 5.62. The number of benzene rings is 1. The summed E-state index contributed by atoms with van der Waals surface area (Å²) in [5.41, 5.74) is 2.45. The van der Waals surface area contributed by atoms with Crippen molar-refractivity contribution in [2.75, 3.05) is 16.8 Å². The van der Waals surface area contributed by atoms with E-state index in [1.165, 1.54) is 12.1 Å². The number of anilines is 2. The van der Waals surface area contributed by atoms with Gasteiger partial charge in [0.2, 0.25) is 0 Å². The molecule has 31 heavy (non-hydrogen) atoms. The van der Waals surface area contributed by atoms with E-state index in [-0.39, 0.29) is 5.56 Å². The molecule has 1 N–H and O–H groups in total. The first-order valence-corrected chi connectivity index (χ1v) is 10.1. The molecule has 0 bridgehead atoms. The van der Waals surface area contributed by atoms with Crippen LogP contribution in [0.5, 0.6) is 0 Å². The van der Waals surface area contributed by atoms with Gasteiger partial charge in [0.25, 0.3) is 5.92 Å². The number of alkyl halides is 2. The van der Waals surface area contributed by atoms with Crippen molar-refractivity contribution in [3.05, 3.63) is 77.8 Å². The van der Waals surface area contributed by atoms with Gasteiger partial charge in [0.1, 0.15) is 11.5 Å². The molecule has 3 aromatic rings. The first-order valence-electron chi connectivity index (χ1n) is 9.68. The molecule has 0 spiro atoms. The number of nitrogens with one attached hydrogen (secondary N) is 1. The highest BCUT2D eigenvalue weighted by Crippen LogP contribution is 2.35. The van der Waals surface area contributed by atoms with Crippen molar-refractivity contribution in [2.45, 2.75) is 19.3 Å². The Morgan fingerprint density at radius 1 is 1.23 bits per heavy atom. The smallest absolute Gasteiger partial charge is 0.270 e. The van der Waals surface area contributed by atoms with Gasteiger partial charge in [0, 0.05) is 49.6 Å². The third-order valence-electron chi connectivity index (χ3n) is 4.86. The number of hydrogen-bond acceptors (Lipinski definition) is 5. The van der Waals surface area contributed by atoms with Crippen molar-refractivity contribution < 1.29 is 8.78 Å². The molecule has 1 aliphatic rings. The van der Waals surface area contributed by atoms with Crippen LogP contribution >= 0.6 is 11.6 Å². The molecule has 0 radical (unpaired) electrons. The number of fused-ring (bicyclic) bond motifs is 1. The summed E-state index contributed by atoms with van der Waals surface area (Å²) >= 11 is 6.21. The van der Waals surface area contributed by atoms with Crippen LogP contribution in [-0.4, -0.2) is 22.7 Å². The standard InChI is InChI=1S/C23H20ClF2N5/c1-15(29-20-9-11-27-14-18(20)24)31-12-4-10-28-21-8-7-19(30-22(21)31)16-5-3-6-17(13-16)23(2,25)26/h3,5-11,13-14H,1,4,12H2,2H3,(H,27,29). The lowest BCUT2D eigenvalue weighted by atomic mass is 10.0. The Labute approximate surface area is 184 Å². The largest absolute Gasteiger partial charge is 0.341 e. The van der Waals surface area contributed by atoms with E-state index in [1.807, 2.05) is 17.2 Å². The number of rotatable bonds is 5. The predicted molar refractivity (Wildman–Crippen MR) is 121 cm³/mol. The van der Waals surface area contributed by atoms with Crippen molar-refractivity contribution in [2.24, 2.45) is 4.99 Å². The number of pyridine rings is 2. The molecule has 5 nitrogen and oxygen atoms in total. The molecule has 0 saturated carbocycles. The van der Waals surface area contributed by atoms with Crippen molar-refractivity contribution in [1.29, 1.82) is 0 Å². The molecule has 8 heteroatoms. The minimum absolute atomic E-state index is 0.0602. The molecule has 1 aliphatic heterocycles. The Kier molecular flexibility index (Phi) is 5.69. The van der Waals surface area contributed by atoms with Crippen LogP contribution in [0.1, 0.15) is 18.9 Å². The van der Waals surface area contributed by atoms with Crippen LogP contribution in [0.25, 0.3) is 11.3 Å². The fourth-order valence-corrected chi connectivity index (χ4v) is 3.44. The highest BCUT2D eigenvalue weighted by atomic mass is 35.5. The van der Waals surface area contributed by atoms with Gasteiger partial charge in [-0.15, -0.1) is 0 Å². The summed E-state index contributed by atoms with van der Waals surface area (Å²) in [7, 11) is 0. The van der Waals surface area contributed by atoms with E-state index < -0.39 is 5.92 Å². The molecule has 0 fully saturated rings. The molecular formula is C23H20ClF2N5. The quantitative estimate of drug-likeness (QED) is 0.499. The van der Waals surface area contributed by atoms with E-state index in [4.69, 9.17) is 16.6 Å².